The molecule has 0 saturated carbocycles. The third kappa shape index (κ3) is 58.8. The van der Waals surface area contributed by atoms with E-state index in [1.807, 2.05) is 5.43 Å². The average molecular weight is 962 g/mol. The van der Waals surface area contributed by atoms with Crippen LogP contribution in [-0.4, -0.2) is 92.1 Å². The molecule has 0 unspecified atom stereocenters. The Morgan fingerprint density at radius 3 is 1.04 bits per heavy atom. The number of carbonyl (C=O) groups is 5. The Balaban J connectivity index is -0.0000000535. The fourth-order valence-corrected chi connectivity index (χ4v) is 0.961. The molecule has 0 aliphatic rings. The number of ether oxygens (including phenoxy) is 1. The summed E-state index contributed by atoms with van der Waals surface area (Å²) in [6.45, 7) is 19.2. The first kappa shape index (κ1) is 75.2. The predicted octanol–water partition coefficient (Wildman–Crippen LogP) is -2.67. The van der Waals surface area contributed by atoms with Gasteiger partial charge in [0.2, 0.25) is 0 Å². The number of methoxy groups -OCH3 is 1. The zero-order chi connectivity index (χ0) is 43.6. The number of benzene rings is 1. The number of nitrogens with two attached hydrogens (primary N) is 1. The summed E-state index contributed by atoms with van der Waals surface area (Å²) < 4.78 is 4.83. The van der Waals surface area contributed by atoms with Crippen molar-refractivity contribution in [2.75, 3.05) is 35.5 Å². The maximum Gasteiger partial charge on any atom is 3.00 e. The fraction of sp³-hybridized carbons (Fsp3) is 0.636. The van der Waals surface area contributed by atoms with Crippen LogP contribution in [0, 0.1) is 59.8 Å². The summed E-state index contributed by atoms with van der Waals surface area (Å²) in [5.74, 6) is -4.10. The third-order valence-electron chi connectivity index (χ3n) is 4.06. The molecule has 7 N–H and O–H groups in total. The van der Waals surface area contributed by atoms with Gasteiger partial charge in [-0.2, -0.15) is 5.10 Å². The number of aliphatic hydroxyl groups excluding tert-OH is 4. The number of amides is 2. The van der Waals surface area contributed by atoms with Gasteiger partial charge in [0.25, 0.3) is 0 Å². The Labute approximate surface area is 355 Å². The molecule has 2 amide bonds. The van der Waals surface area contributed by atoms with Crippen LogP contribution in [-0.2, 0) is 36.0 Å². The van der Waals surface area contributed by atoms with Crippen LogP contribution in [0.3, 0.4) is 0 Å². The van der Waals surface area contributed by atoms with Gasteiger partial charge in [-0.3, -0.25) is 0 Å². The summed E-state index contributed by atoms with van der Waals surface area (Å²) >= 11 is 0. The van der Waals surface area contributed by atoms with E-state index in [9.17, 15) is 49.5 Å². The van der Waals surface area contributed by atoms with Crippen LogP contribution < -0.4 is 41.4 Å². The number of urea groups is 1. The van der Waals surface area contributed by atoms with E-state index >= 15 is 0 Å². The smallest absolute Gasteiger partial charge is 0.870 e. The Hall–Kier alpha value is -2.74. The minimum Gasteiger partial charge on any atom is -0.870 e. The molecule has 0 aliphatic heterocycles. The van der Waals surface area contributed by atoms with Crippen LogP contribution in [0.5, 0.6) is 11.5 Å². The van der Waals surface area contributed by atoms with Crippen LogP contribution in [0.15, 0.2) is 23.3 Å². The number of hydrazone groups is 1. The van der Waals surface area contributed by atoms with E-state index in [0.717, 1.165) is 28.4 Å². The number of rotatable bonds is 3. The molecule has 0 aromatic heterocycles. The Morgan fingerprint density at radius 2 is 0.868 bits per heavy atom. The normalized spacial score (nSPS) is 9.30. The molecule has 1 rings (SSSR count). The van der Waals surface area contributed by atoms with Gasteiger partial charge in [-0.15, -0.1) is 0 Å². The molecular weight excluding hydrogens is 900 g/mol. The van der Waals surface area contributed by atoms with Gasteiger partial charge in [-0.1, -0.05) is 101 Å². The maximum atomic E-state index is 11.5. The molecule has 0 aliphatic carbocycles. The third-order valence-corrected chi connectivity index (χ3v) is 4.06. The van der Waals surface area contributed by atoms with Crippen LogP contribution in [0.1, 0.15) is 88.6 Å². The summed E-state index contributed by atoms with van der Waals surface area (Å²) in [5, 5.41) is 82.6. The number of nitrogens with zero attached hydrogens (tertiary/aromatic N) is 1. The second-order valence-electron chi connectivity index (χ2n) is 12.8. The molecular formula is C33H62CoDyN3O15-2. The molecule has 0 spiro atoms. The van der Waals surface area contributed by atoms with Gasteiger partial charge in [0.15, 0.2) is 0 Å². The number of aliphatic hydroxyl groups is 4. The Bertz CT molecular complexity index is 999. The first-order valence-corrected chi connectivity index (χ1v) is 14.5. The average Bonchev–Trinajstić information content (AvgIpc) is 3.01. The Kier molecular flexibility index (Phi) is 59.6. The van der Waals surface area contributed by atoms with E-state index in [-0.39, 0.29) is 66.5 Å². The first-order valence-electron chi connectivity index (χ1n) is 14.5. The van der Waals surface area contributed by atoms with Crippen molar-refractivity contribution in [2.45, 2.75) is 83.1 Å². The number of nitrogens with one attached hydrogen (secondary N) is 1. The number of aliphatic carboxylic acids is 4. The zero-order valence-electron chi connectivity index (χ0n) is 33.8. The standard InChI is InChI=1S/C9H11N3O3.4C5H10O2.4CH4O.Co.Dy/c1-15-7-4-2-3-6(8(7)13)5-11-12-9(10)14;4*1-5(2,3)4(6)7;4*1-2;;/h2-5,13H,1H3,(H3,10,12,14);4*1-3H3,(H,6,7);4*2H,1H3;;/q;;;;;;;;;+3;/p-5/b11-5+;;;;;;;;;;. The molecule has 20 heteroatoms. The van der Waals surface area contributed by atoms with Gasteiger partial charge in [-0.25, -0.2) is 10.2 Å². The molecule has 1 aromatic rings. The molecule has 0 atom stereocenters. The van der Waals surface area contributed by atoms with Crippen molar-refractivity contribution in [3.8, 4) is 11.5 Å². The van der Waals surface area contributed by atoms with Crippen molar-refractivity contribution in [1.82, 2.24) is 5.43 Å². The Morgan fingerprint density at radius 1 is 0.642 bits per heavy atom. The largest absolute Gasteiger partial charge is 3.00 e. The number of carboxylic acids is 4. The van der Waals surface area contributed by atoms with Crippen LogP contribution in [0.2, 0.25) is 0 Å². The van der Waals surface area contributed by atoms with Gasteiger partial charge < -0.3 is 75.6 Å². The minimum atomic E-state index is -1.01. The summed E-state index contributed by atoms with van der Waals surface area (Å²) in [6.07, 6.45) is 1.20. The van der Waals surface area contributed by atoms with Gasteiger partial charge in [0, 0.05) is 112 Å². The van der Waals surface area contributed by atoms with Crippen molar-refractivity contribution >= 4 is 36.1 Å². The number of hydrogen-bond acceptors (Lipinski definition) is 16. The molecule has 0 bridgehead atoms. The van der Waals surface area contributed by atoms with Crippen molar-refractivity contribution < 1.29 is 130 Å². The number of carbonyl (C=O) groups excluding carboxylic acids is 5. The van der Waals surface area contributed by atoms with E-state index in [1.54, 1.807) is 101 Å². The monoisotopic (exact) mass is 963 g/mol. The van der Waals surface area contributed by atoms with Crippen molar-refractivity contribution in [3.63, 3.8) is 0 Å². The zero-order valence-corrected chi connectivity index (χ0v) is 36.8. The number of hydrogen-bond donors (Lipinski definition) is 6. The van der Waals surface area contributed by atoms with E-state index < -0.39 is 51.6 Å². The van der Waals surface area contributed by atoms with E-state index in [1.165, 1.54) is 13.3 Å². The second-order valence-corrected chi connectivity index (χ2v) is 12.8. The van der Waals surface area contributed by atoms with Gasteiger partial charge >= 0.3 is 22.8 Å². The minimum absolute atomic E-state index is 0. The predicted molar refractivity (Wildman–Crippen MR) is 183 cm³/mol. The number of para-hydroxylation sites is 1. The summed E-state index contributed by atoms with van der Waals surface area (Å²) in [5.41, 5.74) is 4.30. The van der Waals surface area contributed by atoms with E-state index in [0.29, 0.717) is 5.56 Å². The second kappa shape index (κ2) is 42.0. The summed E-state index contributed by atoms with van der Waals surface area (Å²) in [4.78, 5) is 49.9. The maximum absolute atomic E-state index is 11.5. The van der Waals surface area contributed by atoms with Crippen LogP contribution >= 0.6 is 0 Å². The fourth-order valence-electron chi connectivity index (χ4n) is 0.961. The van der Waals surface area contributed by atoms with Gasteiger partial charge in [0.1, 0.15) is 5.75 Å². The van der Waals surface area contributed by atoms with E-state index in [4.69, 9.17) is 30.9 Å². The molecule has 320 valence electrons. The molecule has 0 heterocycles. The van der Waals surface area contributed by atoms with Crippen molar-refractivity contribution in [2.24, 2.45) is 32.5 Å². The molecule has 0 radical (unpaired) electrons. The first-order chi connectivity index (χ1) is 22.9. The molecule has 53 heavy (non-hydrogen) atoms. The molecule has 0 saturated heterocycles. The van der Waals surface area contributed by atoms with Crippen molar-refractivity contribution in [1.29, 1.82) is 0 Å². The van der Waals surface area contributed by atoms with Crippen LogP contribution in [0.25, 0.3) is 0 Å². The van der Waals surface area contributed by atoms with Crippen molar-refractivity contribution in [3.05, 3.63) is 23.8 Å². The van der Waals surface area contributed by atoms with Crippen LogP contribution in [0.4, 0.5) is 4.79 Å². The summed E-state index contributed by atoms with van der Waals surface area (Å²) in [6, 6.07) is 3.95. The quantitative estimate of drug-likeness (QED) is 0.133. The molecule has 18 nitrogen and oxygen atoms in total. The summed E-state index contributed by atoms with van der Waals surface area (Å²) in [7, 11) is 5.40. The number of primary amides is 1. The molecule has 1 aromatic carbocycles. The van der Waals surface area contributed by atoms with Gasteiger partial charge in [-0.05, 0) is 11.6 Å². The molecule has 0 fully saturated rings. The number of carboxylic acid groups (broad SMARTS) is 4. The topological polar surface area (TPSA) is 341 Å². The van der Waals surface area contributed by atoms with E-state index in [2.05, 4.69) is 5.10 Å². The van der Waals surface area contributed by atoms with Gasteiger partial charge in [0.05, 0.1) is 13.3 Å². The SMILES string of the molecule is CC(C)(C)C(=O)[O-].CC(C)(C)C(=O)[O-].CC(C)(C)C(=O)[O-].CC(C)(C)C(=O)[O-].CO.CO.CO.CO.COc1cccc(/C=N/NC(N)=O)c1[O-].[Co+3].[Dy].